The van der Waals surface area contributed by atoms with E-state index in [9.17, 15) is 0 Å². The van der Waals surface area contributed by atoms with Crippen LogP contribution in [-0.2, 0) is 6.42 Å². The molecule has 0 saturated heterocycles. The minimum atomic E-state index is 0.264. The van der Waals surface area contributed by atoms with Crippen molar-refractivity contribution in [3.8, 4) is 5.75 Å². The van der Waals surface area contributed by atoms with E-state index in [1.807, 2.05) is 6.08 Å². The van der Waals surface area contributed by atoms with Gasteiger partial charge in [-0.05, 0) is 73.8 Å². The molecule has 0 aromatic heterocycles. The lowest BCUT2D eigenvalue weighted by atomic mass is 9.90. The van der Waals surface area contributed by atoms with Crippen LogP contribution in [0.25, 0.3) is 0 Å². The van der Waals surface area contributed by atoms with Crippen LogP contribution in [0.15, 0.2) is 59.6 Å². The number of hydrogen-bond acceptors (Lipinski definition) is 3. The molecule has 1 unspecified atom stereocenters. The van der Waals surface area contributed by atoms with Crippen LogP contribution < -0.4 is 10.1 Å². The molecule has 1 N–H and O–H groups in total. The summed E-state index contributed by atoms with van der Waals surface area (Å²) >= 11 is 3.52. The molecule has 1 aliphatic heterocycles. The molecule has 0 bridgehead atoms. The molecule has 1 atom stereocenters. The van der Waals surface area contributed by atoms with E-state index in [0.29, 0.717) is 0 Å². The Hall–Kier alpha value is -1.62. The molecule has 156 valence electrons. The van der Waals surface area contributed by atoms with Crippen molar-refractivity contribution in [2.75, 3.05) is 33.3 Å². The van der Waals surface area contributed by atoms with Gasteiger partial charge in [0.15, 0.2) is 0 Å². The zero-order valence-corrected chi connectivity index (χ0v) is 19.1. The lowest BCUT2D eigenvalue weighted by Crippen LogP contribution is -2.30. The fourth-order valence-corrected chi connectivity index (χ4v) is 4.19. The van der Waals surface area contributed by atoms with Gasteiger partial charge in [-0.3, -0.25) is 0 Å². The molecule has 0 radical (unpaired) electrons. The van der Waals surface area contributed by atoms with Gasteiger partial charge in [0.1, 0.15) is 5.75 Å². The summed E-state index contributed by atoms with van der Waals surface area (Å²) < 4.78 is 7.16. The van der Waals surface area contributed by atoms with Gasteiger partial charge in [0.05, 0.1) is 12.6 Å². The number of hydrogen-bond donors (Lipinski definition) is 1. The third-order valence-electron chi connectivity index (χ3n) is 5.52. The Kier molecular flexibility index (Phi) is 8.78. The fraction of sp³-hybridized carbons (Fsp3) is 0.440. The SMILES string of the molecule is C=CCN(C)CCCCCCOc1ccc2c(c1)CCNC2c1ccc(Br)cc1. The normalized spacial score (nSPS) is 15.9. The predicted octanol–water partition coefficient (Wildman–Crippen LogP) is 5.74. The number of benzene rings is 2. The molecule has 0 aliphatic carbocycles. The first kappa shape index (κ1) is 22.1. The van der Waals surface area contributed by atoms with E-state index in [1.165, 1.54) is 36.0 Å². The van der Waals surface area contributed by atoms with Crippen LogP contribution >= 0.6 is 15.9 Å². The molecular weight excluding hydrogens is 424 g/mol. The zero-order valence-electron chi connectivity index (χ0n) is 17.5. The monoisotopic (exact) mass is 456 g/mol. The van der Waals surface area contributed by atoms with E-state index in [-0.39, 0.29) is 6.04 Å². The minimum absolute atomic E-state index is 0.264. The molecule has 2 aromatic carbocycles. The number of fused-ring (bicyclic) bond motifs is 1. The smallest absolute Gasteiger partial charge is 0.119 e. The van der Waals surface area contributed by atoms with Crippen molar-refractivity contribution in [2.24, 2.45) is 0 Å². The van der Waals surface area contributed by atoms with Crippen LogP contribution in [0.5, 0.6) is 5.75 Å². The van der Waals surface area contributed by atoms with E-state index >= 15 is 0 Å². The molecule has 2 aromatic rings. The number of rotatable bonds is 11. The average Bonchev–Trinajstić information content (AvgIpc) is 2.73. The van der Waals surface area contributed by atoms with Gasteiger partial charge in [-0.25, -0.2) is 0 Å². The molecule has 3 nitrogen and oxygen atoms in total. The molecule has 1 heterocycles. The maximum Gasteiger partial charge on any atom is 0.119 e. The Labute approximate surface area is 184 Å². The van der Waals surface area contributed by atoms with Crippen LogP contribution in [0, 0.1) is 0 Å². The number of nitrogens with zero attached hydrogens (tertiary/aromatic N) is 1. The van der Waals surface area contributed by atoms with Gasteiger partial charge in [0.25, 0.3) is 0 Å². The first-order chi connectivity index (χ1) is 14.2. The third kappa shape index (κ3) is 6.70. The second-order valence-corrected chi connectivity index (χ2v) is 8.78. The third-order valence-corrected chi connectivity index (χ3v) is 6.04. The summed E-state index contributed by atoms with van der Waals surface area (Å²) in [6.07, 6.45) is 7.86. The quantitative estimate of drug-likeness (QED) is 0.344. The molecule has 0 saturated carbocycles. The van der Waals surface area contributed by atoms with Crippen LogP contribution in [0.3, 0.4) is 0 Å². The van der Waals surface area contributed by atoms with Crippen molar-refractivity contribution >= 4 is 15.9 Å². The highest BCUT2D eigenvalue weighted by Gasteiger charge is 2.21. The maximum absolute atomic E-state index is 6.04. The van der Waals surface area contributed by atoms with Gasteiger partial charge in [0.2, 0.25) is 0 Å². The molecule has 0 spiro atoms. The van der Waals surface area contributed by atoms with E-state index in [2.05, 4.69) is 82.2 Å². The topological polar surface area (TPSA) is 24.5 Å². The first-order valence-corrected chi connectivity index (χ1v) is 11.5. The van der Waals surface area contributed by atoms with Gasteiger partial charge in [-0.15, -0.1) is 6.58 Å². The van der Waals surface area contributed by atoms with Crippen molar-refractivity contribution in [1.82, 2.24) is 10.2 Å². The van der Waals surface area contributed by atoms with E-state index in [4.69, 9.17) is 4.74 Å². The molecule has 3 rings (SSSR count). The Morgan fingerprint density at radius 3 is 2.72 bits per heavy atom. The van der Waals surface area contributed by atoms with Crippen LogP contribution in [0.2, 0.25) is 0 Å². The minimum Gasteiger partial charge on any atom is -0.494 e. The Bertz CT molecular complexity index is 775. The second kappa shape index (κ2) is 11.5. The summed E-state index contributed by atoms with van der Waals surface area (Å²) in [5.41, 5.74) is 4.08. The van der Waals surface area contributed by atoms with Gasteiger partial charge in [-0.1, -0.05) is 53.0 Å². The summed E-state index contributed by atoms with van der Waals surface area (Å²) in [6.45, 7) is 7.70. The summed E-state index contributed by atoms with van der Waals surface area (Å²) in [6, 6.07) is 15.5. The van der Waals surface area contributed by atoms with E-state index < -0.39 is 0 Å². The van der Waals surface area contributed by atoms with E-state index in [1.54, 1.807) is 0 Å². The zero-order chi connectivity index (χ0) is 20.5. The average molecular weight is 457 g/mol. The number of likely N-dealkylation sites (N-methyl/N-ethyl adjacent to an activating group) is 1. The van der Waals surface area contributed by atoms with E-state index in [0.717, 1.165) is 49.3 Å². The van der Waals surface area contributed by atoms with Crippen molar-refractivity contribution in [3.63, 3.8) is 0 Å². The van der Waals surface area contributed by atoms with Crippen LogP contribution in [0.1, 0.15) is 48.4 Å². The van der Waals surface area contributed by atoms with Crippen LogP contribution in [-0.4, -0.2) is 38.2 Å². The standard InChI is InChI=1S/C25H33BrN2O/c1-3-16-28(2)17-6-4-5-7-18-29-23-12-13-24-21(19-23)14-15-27-25(24)20-8-10-22(26)11-9-20/h3,8-13,19,25,27H,1,4-7,14-18H2,2H3. The maximum atomic E-state index is 6.04. The predicted molar refractivity (Wildman–Crippen MR) is 126 cm³/mol. The fourth-order valence-electron chi connectivity index (χ4n) is 3.92. The number of ether oxygens (including phenoxy) is 1. The number of halogens is 1. The van der Waals surface area contributed by atoms with Gasteiger partial charge < -0.3 is 15.0 Å². The highest BCUT2D eigenvalue weighted by Crippen LogP contribution is 2.31. The summed E-state index contributed by atoms with van der Waals surface area (Å²) in [7, 11) is 2.15. The Balaban J connectivity index is 1.45. The van der Waals surface area contributed by atoms with Gasteiger partial charge in [0, 0.05) is 17.6 Å². The lowest BCUT2D eigenvalue weighted by molar-refractivity contribution is 0.300. The highest BCUT2D eigenvalue weighted by molar-refractivity contribution is 9.10. The molecule has 29 heavy (non-hydrogen) atoms. The lowest BCUT2D eigenvalue weighted by Gasteiger charge is -2.28. The first-order valence-electron chi connectivity index (χ1n) is 10.7. The summed E-state index contributed by atoms with van der Waals surface area (Å²) in [5.74, 6) is 1.01. The Morgan fingerprint density at radius 2 is 1.93 bits per heavy atom. The summed E-state index contributed by atoms with van der Waals surface area (Å²) in [4.78, 5) is 2.31. The van der Waals surface area contributed by atoms with Crippen LogP contribution in [0.4, 0.5) is 0 Å². The van der Waals surface area contributed by atoms with Crippen molar-refractivity contribution < 1.29 is 4.74 Å². The molecular formula is C25H33BrN2O. The molecule has 0 fully saturated rings. The van der Waals surface area contributed by atoms with Gasteiger partial charge in [-0.2, -0.15) is 0 Å². The van der Waals surface area contributed by atoms with Crippen molar-refractivity contribution in [1.29, 1.82) is 0 Å². The second-order valence-electron chi connectivity index (χ2n) is 7.86. The van der Waals surface area contributed by atoms with Gasteiger partial charge >= 0.3 is 0 Å². The molecule has 4 heteroatoms. The van der Waals surface area contributed by atoms with Crippen molar-refractivity contribution in [3.05, 3.63) is 76.3 Å². The van der Waals surface area contributed by atoms with Crippen molar-refractivity contribution in [2.45, 2.75) is 38.1 Å². The number of nitrogens with one attached hydrogen (secondary N) is 1. The largest absolute Gasteiger partial charge is 0.494 e. The highest BCUT2D eigenvalue weighted by atomic mass is 79.9. The molecule has 1 aliphatic rings. The Morgan fingerprint density at radius 1 is 1.14 bits per heavy atom. The summed E-state index contributed by atoms with van der Waals surface area (Å²) in [5, 5.41) is 3.65. The molecule has 0 amide bonds. The number of unbranched alkanes of at least 4 members (excludes halogenated alkanes) is 3.